The Morgan fingerprint density at radius 2 is 1.85 bits per heavy atom. The Labute approximate surface area is 201 Å². The maximum atomic E-state index is 12.9. The van der Waals surface area contributed by atoms with E-state index >= 15 is 0 Å². The van der Waals surface area contributed by atoms with Crippen molar-refractivity contribution in [2.24, 2.45) is 0 Å². The van der Waals surface area contributed by atoms with Crippen molar-refractivity contribution in [2.45, 2.75) is 57.0 Å². The summed E-state index contributed by atoms with van der Waals surface area (Å²) < 4.78 is 0. The van der Waals surface area contributed by atoms with Crippen LogP contribution in [0.4, 0.5) is 0 Å². The van der Waals surface area contributed by atoms with Crippen LogP contribution in [0.3, 0.4) is 0 Å². The minimum Gasteiger partial charge on any atom is -0.351 e. The van der Waals surface area contributed by atoms with Gasteiger partial charge in [-0.15, -0.1) is 11.8 Å². The summed E-state index contributed by atoms with van der Waals surface area (Å²) in [6.45, 7) is 6.29. The zero-order chi connectivity index (χ0) is 23.2. The maximum Gasteiger partial charge on any atom is 0.234 e. The molecule has 1 aromatic heterocycles. The summed E-state index contributed by atoms with van der Waals surface area (Å²) >= 11 is 1.70. The molecule has 33 heavy (non-hydrogen) atoms. The number of piperidine rings is 1. The molecule has 0 radical (unpaired) electrons. The Bertz CT molecular complexity index is 987. The van der Waals surface area contributed by atoms with Crippen LogP contribution >= 0.6 is 11.8 Å². The van der Waals surface area contributed by atoms with Crippen molar-refractivity contribution in [1.82, 2.24) is 20.1 Å². The van der Waals surface area contributed by atoms with E-state index in [0.717, 1.165) is 41.9 Å². The largest absolute Gasteiger partial charge is 0.351 e. The number of hydrogen-bond acceptors (Lipinski definition) is 5. The van der Waals surface area contributed by atoms with Gasteiger partial charge in [0.1, 0.15) is 0 Å². The molecule has 0 atom stereocenters. The van der Waals surface area contributed by atoms with Crippen LogP contribution in [0.2, 0.25) is 0 Å². The molecule has 6 nitrogen and oxygen atoms in total. The number of amides is 2. The van der Waals surface area contributed by atoms with Gasteiger partial charge < -0.3 is 10.2 Å². The van der Waals surface area contributed by atoms with Gasteiger partial charge in [0.05, 0.1) is 13.0 Å². The van der Waals surface area contributed by atoms with Crippen LogP contribution in [0.1, 0.15) is 47.2 Å². The van der Waals surface area contributed by atoms with E-state index in [1.807, 2.05) is 30.2 Å². The molecule has 2 aromatic rings. The second kappa shape index (κ2) is 11.2. The third-order valence-electron chi connectivity index (χ3n) is 6.74. The lowest BCUT2D eigenvalue weighted by Gasteiger charge is -2.31. The van der Waals surface area contributed by atoms with Gasteiger partial charge in [-0.05, 0) is 79.9 Å². The molecule has 0 saturated carbocycles. The van der Waals surface area contributed by atoms with E-state index in [-0.39, 0.29) is 11.8 Å². The number of thioether (sulfide) groups is 1. The number of benzene rings is 1. The Morgan fingerprint density at radius 3 is 2.58 bits per heavy atom. The molecule has 2 amide bonds. The highest BCUT2D eigenvalue weighted by Crippen LogP contribution is 2.25. The highest BCUT2D eigenvalue weighted by molar-refractivity contribution is 7.98. The predicted molar refractivity (Wildman–Crippen MR) is 132 cm³/mol. The minimum atomic E-state index is 0.0778. The van der Waals surface area contributed by atoms with Crippen molar-refractivity contribution in [2.75, 3.05) is 32.4 Å². The van der Waals surface area contributed by atoms with Gasteiger partial charge in [-0.1, -0.05) is 18.6 Å². The molecule has 0 aliphatic carbocycles. The summed E-state index contributed by atoms with van der Waals surface area (Å²) in [6.07, 6.45) is 8.80. The number of hydrogen-bond donors (Lipinski definition) is 1. The van der Waals surface area contributed by atoms with Crippen LogP contribution in [-0.4, -0.2) is 59.0 Å². The Morgan fingerprint density at radius 1 is 1.09 bits per heavy atom. The molecule has 0 spiro atoms. The standard InChI is InChI=1S/C26H34N4O2S/c1-19-24(16-28-25(31)18-29-11-4-3-5-12-29)23-10-13-30(17-21(23)15-27-19)26(32)14-20-6-8-22(33-2)9-7-20/h6-9,15H,3-5,10-14,16-18H2,1-2H3,(H,28,31). The number of carbonyl (C=O) groups excluding carboxylic acids is 2. The summed E-state index contributed by atoms with van der Waals surface area (Å²) in [5.41, 5.74) is 5.45. The lowest BCUT2D eigenvalue weighted by atomic mass is 9.94. The minimum absolute atomic E-state index is 0.0778. The smallest absolute Gasteiger partial charge is 0.234 e. The fourth-order valence-corrected chi connectivity index (χ4v) is 5.17. The molecular formula is C26H34N4O2S. The van der Waals surface area contributed by atoms with Crippen molar-refractivity contribution >= 4 is 23.6 Å². The molecule has 0 unspecified atom stereocenters. The molecule has 1 saturated heterocycles. The Kier molecular flexibility index (Phi) is 8.04. The van der Waals surface area contributed by atoms with Crippen LogP contribution in [0.5, 0.6) is 0 Å². The van der Waals surface area contributed by atoms with E-state index in [0.29, 0.717) is 32.6 Å². The number of carbonyl (C=O) groups is 2. The molecule has 1 fully saturated rings. The van der Waals surface area contributed by atoms with Crippen molar-refractivity contribution in [3.63, 3.8) is 0 Å². The van der Waals surface area contributed by atoms with Gasteiger partial charge >= 0.3 is 0 Å². The van der Waals surface area contributed by atoms with E-state index in [2.05, 4.69) is 33.6 Å². The first kappa shape index (κ1) is 23.8. The second-order valence-corrected chi connectivity index (χ2v) is 9.91. The van der Waals surface area contributed by atoms with Gasteiger partial charge in [0.2, 0.25) is 11.8 Å². The number of likely N-dealkylation sites (tertiary alicyclic amines) is 1. The Balaban J connectivity index is 1.36. The fourth-order valence-electron chi connectivity index (χ4n) is 4.76. The first-order valence-electron chi connectivity index (χ1n) is 11.9. The highest BCUT2D eigenvalue weighted by atomic mass is 32.2. The molecule has 2 aliphatic rings. The number of aromatic nitrogens is 1. The van der Waals surface area contributed by atoms with E-state index in [1.54, 1.807) is 11.8 Å². The average molecular weight is 467 g/mol. The first-order valence-corrected chi connectivity index (χ1v) is 13.1. The number of nitrogens with zero attached hydrogens (tertiary/aromatic N) is 3. The van der Waals surface area contributed by atoms with E-state index in [1.165, 1.54) is 29.7 Å². The number of rotatable bonds is 7. The van der Waals surface area contributed by atoms with E-state index < -0.39 is 0 Å². The molecule has 4 rings (SSSR count). The van der Waals surface area contributed by atoms with Crippen molar-refractivity contribution < 1.29 is 9.59 Å². The van der Waals surface area contributed by atoms with Crippen LogP contribution < -0.4 is 5.32 Å². The second-order valence-electron chi connectivity index (χ2n) is 9.03. The highest BCUT2D eigenvalue weighted by Gasteiger charge is 2.24. The van der Waals surface area contributed by atoms with Gasteiger partial charge in [0, 0.05) is 36.4 Å². The summed E-state index contributed by atoms with van der Waals surface area (Å²) in [7, 11) is 0. The van der Waals surface area contributed by atoms with Crippen molar-refractivity contribution in [3.8, 4) is 0 Å². The number of fused-ring (bicyclic) bond motifs is 1. The third-order valence-corrected chi connectivity index (χ3v) is 7.48. The van der Waals surface area contributed by atoms with Gasteiger partial charge in [-0.2, -0.15) is 0 Å². The maximum absolute atomic E-state index is 12.9. The van der Waals surface area contributed by atoms with Crippen molar-refractivity contribution in [1.29, 1.82) is 0 Å². The van der Waals surface area contributed by atoms with Crippen LogP contribution in [0.25, 0.3) is 0 Å². The van der Waals surface area contributed by atoms with Crippen molar-refractivity contribution in [3.05, 3.63) is 58.4 Å². The molecule has 3 heterocycles. The summed E-state index contributed by atoms with van der Waals surface area (Å²) in [6, 6.07) is 8.21. The summed E-state index contributed by atoms with van der Waals surface area (Å²) in [4.78, 5) is 35.4. The summed E-state index contributed by atoms with van der Waals surface area (Å²) in [5, 5.41) is 3.11. The lowest BCUT2D eigenvalue weighted by Crippen LogP contribution is -2.40. The quantitative estimate of drug-likeness (QED) is 0.634. The monoisotopic (exact) mass is 466 g/mol. The molecule has 1 N–H and O–H groups in total. The fraction of sp³-hybridized carbons (Fsp3) is 0.500. The molecule has 0 bridgehead atoms. The zero-order valence-electron chi connectivity index (χ0n) is 19.7. The van der Waals surface area contributed by atoms with Crippen LogP contribution in [-0.2, 0) is 35.5 Å². The predicted octanol–water partition coefficient (Wildman–Crippen LogP) is 3.34. The van der Waals surface area contributed by atoms with Gasteiger partial charge in [-0.3, -0.25) is 19.5 Å². The van der Waals surface area contributed by atoms with Crippen LogP contribution in [0, 0.1) is 6.92 Å². The number of aryl methyl sites for hydroxylation is 1. The summed E-state index contributed by atoms with van der Waals surface area (Å²) in [5.74, 6) is 0.225. The normalized spacial score (nSPS) is 16.4. The van der Waals surface area contributed by atoms with E-state index in [9.17, 15) is 9.59 Å². The molecule has 176 valence electrons. The number of nitrogens with one attached hydrogen (secondary N) is 1. The molecule has 7 heteroatoms. The Hall–Kier alpha value is -2.38. The van der Waals surface area contributed by atoms with Gasteiger partial charge in [-0.25, -0.2) is 0 Å². The number of pyridine rings is 1. The SMILES string of the molecule is CSc1ccc(CC(=O)N2CCc3c(cnc(C)c3CNC(=O)CN3CCCCC3)C2)cc1. The van der Waals surface area contributed by atoms with E-state index in [4.69, 9.17) is 0 Å². The third kappa shape index (κ3) is 6.15. The topological polar surface area (TPSA) is 65.5 Å². The van der Waals surface area contributed by atoms with Gasteiger partial charge in [0.15, 0.2) is 0 Å². The molecular weight excluding hydrogens is 432 g/mol. The lowest BCUT2D eigenvalue weighted by molar-refractivity contribution is -0.131. The molecule has 1 aromatic carbocycles. The first-order chi connectivity index (χ1) is 16.0. The zero-order valence-corrected chi connectivity index (χ0v) is 20.5. The molecule has 2 aliphatic heterocycles. The van der Waals surface area contributed by atoms with Crippen LogP contribution in [0.15, 0.2) is 35.4 Å². The average Bonchev–Trinajstić information content (AvgIpc) is 2.84. The van der Waals surface area contributed by atoms with Gasteiger partial charge in [0.25, 0.3) is 0 Å².